The van der Waals surface area contributed by atoms with Gasteiger partial charge in [-0.05, 0) is 6.07 Å². The fraction of sp³-hybridized carbons (Fsp3) is 0.143. The first-order valence-electron chi connectivity index (χ1n) is 6.56. The Kier molecular flexibility index (Phi) is 2.41. The van der Waals surface area contributed by atoms with Crippen LogP contribution in [0.25, 0.3) is 22.1 Å². The molecule has 0 saturated carbocycles. The Balaban J connectivity index is 1.85. The van der Waals surface area contributed by atoms with Gasteiger partial charge in [-0.25, -0.2) is 15.0 Å². The first kappa shape index (κ1) is 11.8. The maximum absolute atomic E-state index is 5.81. The van der Waals surface area contributed by atoms with Crippen LogP contribution in [0, 0.1) is 0 Å². The van der Waals surface area contributed by atoms with E-state index < -0.39 is 0 Å². The summed E-state index contributed by atoms with van der Waals surface area (Å²) in [6.45, 7) is 0.592. The molecule has 0 atom stereocenters. The fourth-order valence-corrected chi connectivity index (χ4v) is 2.58. The van der Waals surface area contributed by atoms with Crippen LogP contribution in [0.3, 0.4) is 0 Å². The number of anilines is 1. The minimum absolute atomic E-state index is 0.393. The molecule has 0 saturated heterocycles. The van der Waals surface area contributed by atoms with E-state index in [1.165, 1.54) is 6.33 Å². The molecule has 3 aromatic heterocycles. The molecule has 7 heteroatoms. The third kappa shape index (κ3) is 1.74. The molecule has 0 aliphatic carbocycles. The average molecular weight is 279 g/mol. The highest BCUT2D eigenvalue weighted by Gasteiger charge is 2.12. The third-order valence-corrected chi connectivity index (χ3v) is 3.58. The van der Waals surface area contributed by atoms with Gasteiger partial charge in [-0.15, -0.1) is 0 Å². The summed E-state index contributed by atoms with van der Waals surface area (Å²) in [5, 5.41) is 5.72. The van der Waals surface area contributed by atoms with Crippen molar-refractivity contribution in [1.29, 1.82) is 0 Å². The predicted octanol–water partition coefficient (Wildman–Crippen LogP) is 1.34. The number of aromatic nitrogens is 6. The number of rotatable bonds is 2. The van der Waals surface area contributed by atoms with Crippen molar-refractivity contribution in [3.8, 4) is 0 Å². The SMILES string of the molecule is Cn1nc(Cn2cnc3c(N)ncnc32)c2ccccc21. The molecule has 104 valence electrons. The molecule has 0 fully saturated rings. The van der Waals surface area contributed by atoms with Crippen molar-refractivity contribution >= 4 is 27.9 Å². The standard InChI is InChI=1S/C14H13N7/c1-20-11-5-3-2-4-9(11)10(19-20)6-21-8-18-12-13(15)16-7-17-14(12)21/h2-5,7-8H,6H2,1H3,(H2,15,16,17). The molecule has 4 rings (SSSR count). The smallest absolute Gasteiger partial charge is 0.165 e. The van der Waals surface area contributed by atoms with Crippen molar-refractivity contribution in [2.45, 2.75) is 6.54 Å². The molecule has 4 aromatic rings. The molecule has 0 unspecified atom stereocenters. The Morgan fingerprint density at radius 2 is 2.00 bits per heavy atom. The highest BCUT2D eigenvalue weighted by atomic mass is 15.3. The van der Waals surface area contributed by atoms with Crippen LogP contribution in [0.2, 0.25) is 0 Å². The molecule has 0 amide bonds. The van der Waals surface area contributed by atoms with E-state index in [2.05, 4.69) is 32.2 Å². The summed E-state index contributed by atoms with van der Waals surface area (Å²) in [6.07, 6.45) is 3.17. The number of imidazole rings is 1. The minimum atomic E-state index is 0.393. The summed E-state index contributed by atoms with van der Waals surface area (Å²) in [6, 6.07) is 8.14. The minimum Gasteiger partial charge on any atom is -0.382 e. The zero-order chi connectivity index (χ0) is 14.4. The number of nitrogens with two attached hydrogens (primary N) is 1. The number of fused-ring (bicyclic) bond motifs is 2. The molecule has 0 aliphatic rings. The molecule has 0 aliphatic heterocycles. The van der Waals surface area contributed by atoms with Crippen molar-refractivity contribution in [2.24, 2.45) is 7.05 Å². The van der Waals surface area contributed by atoms with Gasteiger partial charge in [0.05, 0.1) is 24.1 Å². The van der Waals surface area contributed by atoms with Crippen LogP contribution in [0.5, 0.6) is 0 Å². The fourth-order valence-electron chi connectivity index (χ4n) is 2.58. The van der Waals surface area contributed by atoms with Crippen LogP contribution in [-0.4, -0.2) is 29.3 Å². The zero-order valence-corrected chi connectivity index (χ0v) is 11.4. The summed E-state index contributed by atoms with van der Waals surface area (Å²) < 4.78 is 3.81. The number of hydrogen-bond donors (Lipinski definition) is 1. The zero-order valence-electron chi connectivity index (χ0n) is 11.4. The first-order valence-corrected chi connectivity index (χ1v) is 6.56. The summed E-state index contributed by atoms with van der Waals surface area (Å²) in [5.41, 5.74) is 9.23. The monoisotopic (exact) mass is 279 g/mol. The predicted molar refractivity (Wildman–Crippen MR) is 79.6 cm³/mol. The lowest BCUT2D eigenvalue weighted by molar-refractivity contribution is 0.725. The lowest BCUT2D eigenvalue weighted by Gasteiger charge is -2.01. The van der Waals surface area contributed by atoms with Gasteiger partial charge in [0.15, 0.2) is 11.5 Å². The molecule has 7 nitrogen and oxygen atoms in total. The van der Waals surface area contributed by atoms with Crippen LogP contribution in [0.15, 0.2) is 36.9 Å². The lowest BCUT2D eigenvalue weighted by atomic mass is 10.2. The van der Waals surface area contributed by atoms with Crippen molar-refractivity contribution in [2.75, 3.05) is 5.73 Å². The van der Waals surface area contributed by atoms with E-state index in [0.29, 0.717) is 17.9 Å². The van der Waals surface area contributed by atoms with Crippen LogP contribution in [0.4, 0.5) is 5.82 Å². The molecular weight excluding hydrogens is 266 g/mol. The second-order valence-electron chi connectivity index (χ2n) is 4.89. The van der Waals surface area contributed by atoms with Gasteiger partial charge < -0.3 is 10.3 Å². The van der Waals surface area contributed by atoms with Crippen molar-refractivity contribution in [3.05, 3.63) is 42.6 Å². The number of nitrogens with zero attached hydrogens (tertiary/aromatic N) is 6. The van der Waals surface area contributed by atoms with E-state index in [9.17, 15) is 0 Å². The number of aryl methyl sites for hydroxylation is 1. The second kappa shape index (κ2) is 4.27. The molecule has 0 radical (unpaired) electrons. The quantitative estimate of drug-likeness (QED) is 0.598. The van der Waals surface area contributed by atoms with Gasteiger partial charge in [0.25, 0.3) is 0 Å². The Hall–Kier alpha value is -2.96. The summed E-state index contributed by atoms with van der Waals surface area (Å²) in [4.78, 5) is 12.5. The Morgan fingerprint density at radius 3 is 2.90 bits per heavy atom. The van der Waals surface area contributed by atoms with E-state index in [1.54, 1.807) is 6.33 Å². The van der Waals surface area contributed by atoms with Gasteiger partial charge in [-0.2, -0.15) is 5.10 Å². The third-order valence-electron chi connectivity index (χ3n) is 3.58. The average Bonchev–Trinajstić information content (AvgIpc) is 3.04. The van der Waals surface area contributed by atoms with Crippen LogP contribution >= 0.6 is 0 Å². The number of nitrogen functional groups attached to an aromatic ring is 1. The molecule has 2 N–H and O–H groups in total. The summed E-state index contributed by atoms with van der Waals surface area (Å²) in [7, 11) is 1.94. The van der Waals surface area contributed by atoms with Crippen molar-refractivity contribution < 1.29 is 0 Å². The Bertz CT molecular complexity index is 950. The van der Waals surface area contributed by atoms with Gasteiger partial charge in [0.1, 0.15) is 11.8 Å². The van der Waals surface area contributed by atoms with Crippen molar-refractivity contribution in [1.82, 2.24) is 29.3 Å². The second-order valence-corrected chi connectivity index (χ2v) is 4.89. The molecule has 3 heterocycles. The highest BCUT2D eigenvalue weighted by Crippen LogP contribution is 2.20. The molecule has 21 heavy (non-hydrogen) atoms. The molecule has 0 bridgehead atoms. The molecular formula is C14H13N7. The van der Waals surface area contributed by atoms with E-state index in [1.807, 2.05) is 28.4 Å². The summed E-state index contributed by atoms with van der Waals surface area (Å²) in [5.74, 6) is 0.393. The normalized spacial score (nSPS) is 11.5. The summed E-state index contributed by atoms with van der Waals surface area (Å²) >= 11 is 0. The highest BCUT2D eigenvalue weighted by molar-refractivity contribution is 5.83. The topological polar surface area (TPSA) is 87.4 Å². The van der Waals surface area contributed by atoms with E-state index in [0.717, 1.165) is 22.2 Å². The van der Waals surface area contributed by atoms with Gasteiger partial charge in [-0.3, -0.25) is 4.68 Å². The van der Waals surface area contributed by atoms with Gasteiger partial charge in [0, 0.05) is 12.4 Å². The van der Waals surface area contributed by atoms with E-state index in [4.69, 9.17) is 5.73 Å². The Morgan fingerprint density at radius 1 is 1.14 bits per heavy atom. The van der Waals surface area contributed by atoms with Gasteiger partial charge in [-0.1, -0.05) is 18.2 Å². The maximum Gasteiger partial charge on any atom is 0.165 e. The van der Waals surface area contributed by atoms with Crippen molar-refractivity contribution in [3.63, 3.8) is 0 Å². The number of para-hydroxylation sites is 1. The van der Waals surface area contributed by atoms with Crippen LogP contribution < -0.4 is 5.73 Å². The number of hydrogen-bond acceptors (Lipinski definition) is 5. The van der Waals surface area contributed by atoms with E-state index in [-0.39, 0.29) is 0 Å². The van der Waals surface area contributed by atoms with Gasteiger partial charge in [0.2, 0.25) is 0 Å². The molecule has 0 spiro atoms. The van der Waals surface area contributed by atoms with Crippen LogP contribution in [-0.2, 0) is 13.6 Å². The number of benzene rings is 1. The van der Waals surface area contributed by atoms with E-state index >= 15 is 0 Å². The first-order chi connectivity index (χ1) is 10.2. The van der Waals surface area contributed by atoms with Crippen LogP contribution in [0.1, 0.15) is 5.69 Å². The lowest BCUT2D eigenvalue weighted by Crippen LogP contribution is -2.02. The largest absolute Gasteiger partial charge is 0.382 e. The van der Waals surface area contributed by atoms with Gasteiger partial charge >= 0.3 is 0 Å². The maximum atomic E-state index is 5.81. The molecule has 1 aromatic carbocycles. The Labute approximate surface area is 120 Å².